The Morgan fingerprint density at radius 2 is 2.43 bits per heavy atom. The molecule has 0 heterocycles. The number of thiol groups is 1. The van der Waals surface area contributed by atoms with Crippen LogP contribution in [0.5, 0.6) is 0 Å². The summed E-state index contributed by atoms with van der Waals surface area (Å²) in [5.41, 5.74) is 2.80. The summed E-state index contributed by atoms with van der Waals surface area (Å²) < 4.78 is 0. The second kappa shape index (κ2) is 4.08. The summed E-state index contributed by atoms with van der Waals surface area (Å²) >= 11 is 4.35. The number of benzene rings is 1. The Kier molecular flexibility index (Phi) is 2.81. The summed E-state index contributed by atoms with van der Waals surface area (Å²) in [4.78, 5) is 1.03. The van der Waals surface area contributed by atoms with Gasteiger partial charge in [-0.05, 0) is 36.1 Å². The topological polar surface area (TPSA) is 12.0 Å². The summed E-state index contributed by atoms with van der Waals surface area (Å²) in [6, 6.07) is 6.77. The highest BCUT2D eigenvalue weighted by molar-refractivity contribution is 7.80. The van der Waals surface area contributed by atoms with Gasteiger partial charge in [-0.2, -0.15) is 0 Å². The predicted octanol–water partition coefficient (Wildman–Crippen LogP) is 2.19. The fraction of sp³-hybridized carbons (Fsp3) is 0.333. The van der Waals surface area contributed by atoms with E-state index >= 15 is 0 Å². The fourth-order valence-electron chi connectivity index (χ4n) is 1.98. The van der Waals surface area contributed by atoms with Gasteiger partial charge in [0.25, 0.3) is 0 Å². The average molecular weight is 203 g/mol. The molecule has 0 aliphatic heterocycles. The Labute approximate surface area is 90.3 Å². The second-order valence-corrected chi connectivity index (χ2v) is 4.08. The zero-order valence-electron chi connectivity index (χ0n) is 7.96. The Bertz CT molecular complexity index is 378. The summed E-state index contributed by atoms with van der Waals surface area (Å²) in [6.45, 7) is 0.640. The first-order chi connectivity index (χ1) is 6.81. The van der Waals surface area contributed by atoms with E-state index in [1.807, 2.05) is 6.07 Å². The van der Waals surface area contributed by atoms with Crippen LogP contribution in [0.2, 0.25) is 0 Å². The molecule has 1 nitrogen and oxygen atoms in total. The largest absolute Gasteiger partial charge is 0.299 e. The zero-order valence-corrected chi connectivity index (χ0v) is 8.85. The van der Waals surface area contributed by atoms with Crippen LogP contribution in [0.4, 0.5) is 0 Å². The molecule has 2 heteroatoms. The molecule has 1 atom stereocenters. The van der Waals surface area contributed by atoms with Crippen molar-refractivity contribution in [3.8, 4) is 12.3 Å². The van der Waals surface area contributed by atoms with Gasteiger partial charge in [0, 0.05) is 10.9 Å². The minimum atomic E-state index is 0.424. The van der Waals surface area contributed by atoms with Crippen LogP contribution in [0.15, 0.2) is 23.1 Å². The first-order valence-electron chi connectivity index (χ1n) is 4.80. The van der Waals surface area contributed by atoms with E-state index in [2.05, 4.69) is 36.0 Å². The van der Waals surface area contributed by atoms with E-state index in [1.165, 1.54) is 11.1 Å². The highest BCUT2D eigenvalue weighted by atomic mass is 32.1. The van der Waals surface area contributed by atoms with Crippen LogP contribution in [-0.2, 0) is 6.42 Å². The van der Waals surface area contributed by atoms with Crippen molar-refractivity contribution < 1.29 is 0 Å². The van der Waals surface area contributed by atoms with Gasteiger partial charge in [0.05, 0.1) is 6.54 Å². The molecule has 0 spiro atoms. The first kappa shape index (κ1) is 9.64. The van der Waals surface area contributed by atoms with Gasteiger partial charge in [0.1, 0.15) is 0 Å². The van der Waals surface area contributed by atoms with Crippen molar-refractivity contribution >= 4 is 12.6 Å². The van der Waals surface area contributed by atoms with Crippen LogP contribution in [0, 0.1) is 12.3 Å². The highest BCUT2D eigenvalue weighted by Gasteiger charge is 2.21. The number of rotatable bonds is 2. The molecule has 0 aromatic heterocycles. The molecule has 1 aliphatic rings. The van der Waals surface area contributed by atoms with E-state index in [0.29, 0.717) is 12.6 Å². The van der Waals surface area contributed by atoms with Gasteiger partial charge in [0.2, 0.25) is 0 Å². The number of terminal acetylenes is 1. The third-order valence-corrected chi connectivity index (χ3v) is 2.94. The predicted molar refractivity (Wildman–Crippen MR) is 61.6 cm³/mol. The Morgan fingerprint density at radius 1 is 1.57 bits per heavy atom. The first-order valence-corrected chi connectivity index (χ1v) is 5.24. The van der Waals surface area contributed by atoms with Crippen molar-refractivity contribution in [1.82, 2.24) is 5.32 Å². The fourth-order valence-corrected chi connectivity index (χ4v) is 2.20. The third-order valence-electron chi connectivity index (χ3n) is 2.66. The minimum Gasteiger partial charge on any atom is -0.299 e. The molecule has 1 aliphatic carbocycles. The van der Waals surface area contributed by atoms with Crippen LogP contribution >= 0.6 is 12.6 Å². The molecule has 1 unspecified atom stereocenters. The second-order valence-electron chi connectivity index (χ2n) is 3.56. The van der Waals surface area contributed by atoms with Crippen LogP contribution in [0.3, 0.4) is 0 Å². The molecule has 14 heavy (non-hydrogen) atoms. The molecule has 0 fully saturated rings. The van der Waals surface area contributed by atoms with Crippen LogP contribution in [0.1, 0.15) is 23.6 Å². The van der Waals surface area contributed by atoms with E-state index < -0.39 is 0 Å². The van der Waals surface area contributed by atoms with Gasteiger partial charge in [-0.1, -0.05) is 12.0 Å². The van der Waals surface area contributed by atoms with Crippen LogP contribution < -0.4 is 5.32 Å². The van der Waals surface area contributed by atoms with Crippen molar-refractivity contribution in [2.24, 2.45) is 0 Å². The van der Waals surface area contributed by atoms with Gasteiger partial charge in [-0.3, -0.25) is 5.32 Å². The minimum absolute atomic E-state index is 0.424. The lowest BCUT2D eigenvalue weighted by Crippen LogP contribution is -2.19. The maximum Gasteiger partial charge on any atom is 0.0578 e. The molecule has 1 N–H and O–H groups in total. The average Bonchev–Trinajstić information content (AvgIpc) is 2.57. The molecule has 0 bridgehead atoms. The molecule has 1 aromatic rings. The molecule has 1 aromatic carbocycles. The van der Waals surface area contributed by atoms with Crippen molar-refractivity contribution in [1.29, 1.82) is 0 Å². The monoisotopic (exact) mass is 203 g/mol. The summed E-state index contributed by atoms with van der Waals surface area (Å²) in [5, 5.41) is 3.34. The molecule has 72 valence electrons. The zero-order chi connectivity index (χ0) is 9.97. The van der Waals surface area contributed by atoms with Gasteiger partial charge in [-0.25, -0.2) is 0 Å². The third kappa shape index (κ3) is 1.79. The van der Waals surface area contributed by atoms with E-state index in [4.69, 9.17) is 6.42 Å². The molecule has 0 saturated heterocycles. The Balaban J connectivity index is 2.21. The SMILES string of the molecule is C#CCNC1CCc2ccc(S)cc21. The van der Waals surface area contributed by atoms with Gasteiger partial charge in [-0.15, -0.1) is 19.1 Å². The number of nitrogens with one attached hydrogen (secondary N) is 1. The van der Waals surface area contributed by atoms with Crippen molar-refractivity contribution in [2.75, 3.05) is 6.54 Å². The normalized spacial score (nSPS) is 19.0. The lowest BCUT2D eigenvalue weighted by Gasteiger charge is -2.11. The number of fused-ring (bicyclic) bond motifs is 1. The molecule has 2 rings (SSSR count). The molecular weight excluding hydrogens is 190 g/mol. The lowest BCUT2D eigenvalue weighted by molar-refractivity contribution is 0.568. The molecule has 0 amide bonds. The van der Waals surface area contributed by atoms with E-state index in [-0.39, 0.29) is 0 Å². The standard InChI is InChI=1S/C12H13NS/c1-2-7-13-12-6-4-9-3-5-10(14)8-11(9)12/h1,3,5,8,12-14H,4,6-7H2. The maximum absolute atomic E-state index is 5.23. The highest BCUT2D eigenvalue weighted by Crippen LogP contribution is 2.32. The Hall–Kier alpha value is -0.910. The number of hydrogen-bond acceptors (Lipinski definition) is 2. The molecular formula is C12H13NS. The van der Waals surface area contributed by atoms with E-state index in [9.17, 15) is 0 Å². The van der Waals surface area contributed by atoms with Gasteiger partial charge >= 0.3 is 0 Å². The summed E-state index contributed by atoms with van der Waals surface area (Å²) in [5.74, 6) is 2.61. The summed E-state index contributed by atoms with van der Waals surface area (Å²) in [7, 11) is 0. The van der Waals surface area contributed by atoms with Crippen molar-refractivity contribution in [3.05, 3.63) is 29.3 Å². The number of aryl methyl sites for hydroxylation is 1. The van der Waals surface area contributed by atoms with Crippen molar-refractivity contribution in [2.45, 2.75) is 23.8 Å². The number of hydrogen-bond donors (Lipinski definition) is 2. The van der Waals surface area contributed by atoms with Crippen LogP contribution in [0.25, 0.3) is 0 Å². The smallest absolute Gasteiger partial charge is 0.0578 e. The van der Waals surface area contributed by atoms with Crippen molar-refractivity contribution in [3.63, 3.8) is 0 Å². The lowest BCUT2D eigenvalue weighted by atomic mass is 10.1. The van der Waals surface area contributed by atoms with E-state index in [0.717, 1.165) is 17.7 Å². The van der Waals surface area contributed by atoms with Gasteiger partial charge in [0.15, 0.2) is 0 Å². The Morgan fingerprint density at radius 3 is 3.21 bits per heavy atom. The molecule has 0 saturated carbocycles. The summed E-state index contributed by atoms with van der Waals surface area (Å²) in [6.07, 6.45) is 7.52. The molecule has 0 radical (unpaired) electrons. The maximum atomic E-state index is 5.23. The van der Waals surface area contributed by atoms with Crippen LogP contribution in [-0.4, -0.2) is 6.54 Å². The van der Waals surface area contributed by atoms with E-state index in [1.54, 1.807) is 0 Å². The van der Waals surface area contributed by atoms with Gasteiger partial charge < -0.3 is 0 Å². The quantitative estimate of drug-likeness (QED) is 0.554.